The van der Waals surface area contributed by atoms with E-state index in [2.05, 4.69) is 9.71 Å². The second-order valence-electron chi connectivity index (χ2n) is 6.55. The molecule has 2 heterocycles. The zero-order valence-electron chi connectivity index (χ0n) is 14.2. The Morgan fingerprint density at radius 1 is 1.31 bits per heavy atom. The molecular formula is C17H21N3O5S. The molecular weight excluding hydrogens is 358 g/mol. The molecule has 1 amide bonds. The third kappa shape index (κ3) is 4.04. The lowest BCUT2D eigenvalue weighted by atomic mass is 9.93. The molecule has 0 radical (unpaired) electrons. The number of hydrogen-bond donors (Lipinski definition) is 2. The number of hydrogen-bond acceptors (Lipinski definition) is 5. The molecule has 1 saturated heterocycles. The van der Waals surface area contributed by atoms with Crippen LogP contribution in [-0.4, -0.2) is 55.8 Å². The number of piperidine rings is 1. The third-order valence-corrected chi connectivity index (χ3v) is 6.07. The summed E-state index contributed by atoms with van der Waals surface area (Å²) in [5, 5.41) is 8.79. The van der Waals surface area contributed by atoms with Crippen molar-refractivity contribution in [2.24, 2.45) is 10.9 Å². The average Bonchev–Trinajstić information content (AvgIpc) is 2.89. The van der Waals surface area contributed by atoms with Gasteiger partial charge in [-0.15, -0.1) is 0 Å². The second kappa shape index (κ2) is 7.45. The van der Waals surface area contributed by atoms with E-state index in [4.69, 9.17) is 5.11 Å². The van der Waals surface area contributed by atoms with E-state index in [1.807, 2.05) is 0 Å². The van der Waals surface area contributed by atoms with Gasteiger partial charge >= 0.3 is 5.97 Å². The predicted octanol–water partition coefficient (Wildman–Crippen LogP) is 0.828. The fourth-order valence-corrected chi connectivity index (χ4v) is 4.60. The summed E-state index contributed by atoms with van der Waals surface area (Å²) >= 11 is 0. The Kier molecular flexibility index (Phi) is 5.26. The molecule has 3 rings (SSSR count). The van der Waals surface area contributed by atoms with Gasteiger partial charge in [-0.1, -0.05) is 12.1 Å². The van der Waals surface area contributed by atoms with Crippen LogP contribution in [0.5, 0.6) is 0 Å². The van der Waals surface area contributed by atoms with Crippen molar-refractivity contribution in [3.8, 4) is 0 Å². The summed E-state index contributed by atoms with van der Waals surface area (Å²) in [6.07, 6.45) is 2.41. The molecule has 1 unspecified atom stereocenters. The summed E-state index contributed by atoms with van der Waals surface area (Å²) in [5.74, 6) is -0.635. The van der Waals surface area contributed by atoms with Crippen molar-refractivity contribution in [2.75, 3.05) is 19.6 Å². The van der Waals surface area contributed by atoms with Gasteiger partial charge in [0.1, 0.15) is 12.4 Å². The Labute approximate surface area is 152 Å². The molecule has 0 spiro atoms. The summed E-state index contributed by atoms with van der Waals surface area (Å²) in [6, 6.07) is 6.51. The van der Waals surface area contributed by atoms with Gasteiger partial charge in [-0.3, -0.25) is 19.3 Å². The predicted molar refractivity (Wildman–Crippen MR) is 94.3 cm³/mol. The van der Waals surface area contributed by atoms with Gasteiger partial charge in [-0.2, -0.15) is 0 Å². The van der Waals surface area contributed by atoms with Gasteiger partial charge in [0.2, 0.25) is 5.91 Å². The van der Waals surface area contributed by atoms with Crippen LogP contribution in [0.15, 0.2) is 34.2 Å². The Morgan fingerprint density at radius 3 is 2.85 bits per heavy atom. The largest absolute Gasteiger partial charge is 0.481 e. The molecule has 8 nitrogen and oxygen atoms in total. The molecule has 9 heteroatoms. The molecule has 140 valence electrons. The van der Waals surface area contributed by atoms with Crippen LogP contribution in [-0.2, 0) is 19.6 Å². The number of amides is 1. The van der Waals surface area contributed by atoms with Crippen LogP contribution in [0.25, 0.3) is 0 Å². The zero-order chi connectivity index (χ0) is 18.7. The number of carbonyl (C=O) groups excluding carboxylic acids is 1. The van der Waals surface area contributed by atoms with E-state index < -0.39 is 16.0 Å². The Bertz CT molecular complexity index is 850. The van der Waals surface area contributed by atoms with E-state index in [1.165, 1.54) is 6.07 Å². The Hall–Kier alpha value is -2.42. The second-order valence-corrected chi connectivity index (χ2v) is 8.20. The van der Waals surface area contributed by atoms with Crippen molar-refractivity contribution in [3.63, 3.8) is 0 Å². The number of aliphatic carboxylic acids is 1. The van der Waals surface area contributed by atoms with E-state index in [9.17, 15) is 18.0 Å². The molecule has 2 N–H and O–H groups in total. The summed E-state index contributed by atoms with van der Waals surface area (Å²) in [4.78, 5) is 29.2. The van der Waals surface area contributed by atoms with Crippen molar-refractivity contribution in [1.29, 1.82) is 0 Å². The number of fused-ring (bicyclic) bond motifs is 1. The highest BCUT2D eigenvalue weighted by atomic mass is 32.2. The van der Waals surface area contributed by atoms with Gasteiger partial charge in [0.25, 0.3) is 10.0 Å². The topological polar surface area (TPSA) is 116 Å². The Balaban J connectivity index is 1.64. The number of benzene rings is 1. The number of carboxylic acids is 1. The lowest BCUT2D eigenvalue weighted by molar-refractivity contribution is -0.137. The molecule has 2 aliphatic rings. The smallest absolute Gasteiger partial charge is 0.303 e. The molecule has 0 bridgehead atoms. The monoisotopic (exact) mass is 379 g/mol. The van der Waals surface area contributed by atoms with Crippen LogP contribution in [0.2, 0.25) is 0 Å². The van der Waals surface area contributed by atoms with E-state index in [0.29, 0.717) is 25.1 Å². The van der Waals surface area contributed by atoms with Crippen molar-refractivity contribution in [2.45, 2.75) is 30.6 Å². The molecule has 26 heavy (non-hydrogen) atoms. The third-order valence-electron chi connectivity index (χ3n) is 4.67. The van der Waals surface area contributed by atoms with Gasteiger partial charge in [0, 0.05) is 25.1 Å². The van der Waals surface area contributed by atoms with Gasteiger partial charge in [0.05, 0.1) is 4.90 Å². The lowest BCUT2D eigenvalue weighted by Crippen LogP contribution is -2.41. The number of rotatable bonds is 5. The number of amidine groups is 1. The van der Waals surface area contributed by atoms with Crippen LogP contribution in [0.3, 0.4) is 0 Å². The molecule has 1 fully saturated rings. The normalized spacial score (nSPS) is 22.7. The summed E-state index contributed by atoms with van der Waals surface area (Å²) in [5.41, 5.74) is 0.471. The first-order valence-corrected chi connectivity index (χ1v) is 10.0. The van der Waals surface area contributed by atoms with Crippen LogP contribution >= 0.6 is 0 Å². The van der Waals surface area contributed by atoms with Crippen molar-refractivity contribution in [3.05, 3.63) is 29.8 Å². The quantitative estimate of drug-likeness (QED) is 0.786. The average molecular weight is 379 g/mol. The minimum Gasteiger partial charge on any atom is -0.481 e. The summed E-state index contributed by atoms with van der Waals surface area (Å²) in [6.45, 7) is 1.01. The fraction of sp³-hybridized carbons (Fsp3) is 0.471. The number of carbonyl (C=O) groups is 2. The Morgan fingerprint density at radius 2 is 2.08 bits per heavy atom. The molecule has 1 atom stereocenters. The number of nitrogens with zero attached hydrogens (tertiary/aromatic N) is 2. The highest BCUT2D eigenvalue weighted by Gasteiger charge is 2.30. The first-order valence-electron chi connectivity index (χ1n) is 8.53. The van der Waals surface area contributed by atoms with Crippen molar-refractivity contribution >= 4 is 27.7 Å². The first kappa shape index (κ1) is 18.4. The van der Waals surface area contributed by atoms with Gasteiger partial charge in [-0.05, 0) is 37.3 Å². The number of likely N-dealkylation sites (tertiary alicyclic amines) is 1. The fourth-order valence-electron chi connectivity index (χ4n) is 3.35. The first-order chi connectivity index (χ1) is 12.4. The number of aliphatic imine (C=N–C) groups is 1. The van der Waals surface area contributed by atoms with Crippen LogP contribution < -0.4 is 4.72 Å². The van der Waals surface area contributed by atoms with E-state index >= 15 is 0 Å². The van der Waals surface area contributed by atoms with Crippen LogP contribution in [0.4, 0.5) is 0 Å². The van der Waals surface area contributed by atoms with Crippen molar-refractivity contribution < 1.29 is 23.1 Å². The number of sulfonamides is 1. The van der Waals surface area contributed by atoms with Gasteiger partial charge in [0.15, 0.2) is 0 Å². The maximum Gasteiger partial charge on any atom is 0.303 e. The molecule has 0 aliphatic carbocycles. The SMILES string of the molecule is O=C(O)CCC1CCCN(C(=O)CN=C2NS(=O)(=O)c3ccccc32)C1. The van der Waals surface area contributed by atoms with Gasteiger partial charge < -0.3 is 10.0 Å². The zero-order valence-corrected chi connectivity index (χ0v) is 15.0. The number of carboxylic acid groups (broad SMARTS) is 1. The summed E-state index contributed by atoms with van der Waals surface area (Å²) < 4.78 is 26.5. The maximum absolute atomic E-state index is 12.4. The minimum atomic E-state index is -3.61. The lowest BCUT2D eigenvalue weighted by Gasteiger charge is -2.32. The molecule has 0 aromatic heterocycles. The van der Waals surface area contributed by atoms with E-state index in [1.54, 1.807) is 23.1 Å². The highest BCUT2D eigenvalue weighted by Crippen LogP contribution is 2.23. The van der Waals surface area contributed by atoms with E-state index in [0.717, 1.165) is 12.8 Å². The maximum atomic E-state index is 12.4. The molecule has 2 aliphatic heterocycles. The van der Waals surface area contributed by atoms with Crippen molar-refractivity contribution in [1.82, 2.24) is 9.62 Å². The molecule has 0 saturated carbocycles. The minimum absolute atomic E-state index is 0.105. The summed E-state index contributed by atoms with van der Waals surface area (Å²) in [7, 11) is -3.61. The molecule has 1 aromatic carbocycles. The van der Waals surface area contributed by atoms with Gasteiger partial charge in [-0.25, -0.2) is 8.42 Å². The standard InChI is InChI=1S/C17H21N3O5S/c21-15(20-9-3-4-12(11-20)7-8-16(22)23)10-18-17-13-5-1-2-6-14(13)26(24,25)19-17/h1-2,5-6,12H,3-4,7-11H2,(H,18,19)(H,22,23). The van der Waals surface area contributed by atoms with Crippen LogP contribution in [0, 0.1) is 5.92 Å². The number of nitrogens with one attached hydrogen (secondary N) is 1. The van der Waals surface area contributed by atoms with E-state index in [-0.39, 0.29) is 35.5 Å². The van der Waals surface area contributed by atoms with Crippen LogP contribution in [0.1, 0.15) is 31.2 Å². The molecule has 1 aromatic rings. The highest BCUT2D eigenvalue weighted by molar-refractivity contribution is 7.90.